The second-order valence-electron chi connectivity index (χ2n) is 4.43. The standard InChI is InChI=1S/C13H27NO/c1-7-13(8-2,12(15)11(5)6)14(9-3)10-4/h11H,7-10H2,1-6H3. The quantitative estimate of drug-likeness (QED) is 0.647. The third-order valence-electron chi connectivity index (χ3n) is 3.52. The molecule has 2 heteroatoms. The monoisotopic (exact) mass is 213 g/mol. The summed E-state index contributed by atoms with van der Waals surface area (Å²) in [5, 5.41) is 0. The van der Waals surface area contributed by atoms with Gasteiger partial charge in [0.2, 0.25) is 0 Å². The van der Waals surface area contributed by atoms with Gasteiger partial charge in [-0.25, -0.2) is 0 Å². The molecule has 0 saturated heterocycles. The Balaban J connectivity index is 5.10. The second-order valence-corrected chi connectivity index (χ2v) is 4.43. The number of nitrogens with zero attached hydrogens (tertiary/aromatic N) is 1. The van der Waals surface area contributed by atoms with E-state index in [0.29, 0.717) is 5.78 Å². The van der Waals surface area contributed by atoms with Crippen LogP contribution in [-0.2, 0) is 4.79 Å². The molecule has 0 saturated carbocycles. The molecule has 0 bridgehead atoms. The highest BCUT2D eigenvalue weighted by Crippen LogP contribution is 2.28. The van der Waals surface area contributed by atoms with Gasteiger partial charge in [0.15, 0.2) is 5.78 Å². The number of carbonyl (C=O) groups excluding carboxylic acids is 1. The maximum Gasteiger partial charge on any atom is 0.155 e. The summed E-state index contributed by atoms with van der Waals surface area (Å²) in [5.41, 5.74) is -0.225. The lowest BCUT2D eigenvalue weighted by molar-refractivity contribution is -0.135. The van der Waals surface area contributed by atoms with Crippen molar-refractivity contribution in [1.82, 2.24) is 4.90 Å². The van der Waals surface area contributed by atoms with Gasteiger partial charge in [-0.3, -0.25) is 9.69 Å². The van der Waals surface area contributed by atoms with E-state index in [2.05, 4.69) is 32.6 Å². The molecule has 0 unspecified atom stereocenters. The van der Waals surface area contributed by atoms with Gasteiger partial charge in [-0.2, -0.15) is 0 Å². The smallest absolute Gasteiger partial charge is 0.155 e. The van der Waals surface area contributed by atoms with Crippen LogP contribution in [0.25, 0.3) is 0 Å². The van der Waals surface area contributed by atoms with E-state index >= 15 is 0 Å². The average Bonchev–Trinajstić information content (AvgIpc) is 2.25. The number of Topliss-reactive ketones (excluding diaryl/α,β-unsaturated/α-hetero) is 1. The Bertz CT molecular complexity index is 191. The molecule has 90 valence electrons. The predicted molar refractivity (Wildman–Crippen MR) is 66.1 cm³/mol. The highest BCUT2D eigenvalue weighted by molar-refractivity contribution is 5.89. The first kappa shape index (κ1) is 14.6. The minimum atomic E-state index is -0.225. The molecule has 0 rings (SSSR count). The van der Waals surface area contributed by atoms with E-state index in [1.165, 1.54) is 0 Å². The average molecular weight is 213 g/mol. The topological polar surface area (TPSA) is 20.3 Å². The van der Waals surface area contributed by atoms with Gasteiger partial charge in [-0.15, -0.1) is 0 Å². The predicted octanol–water partition coefficient (Wildman–Crippen LogP) is 3.11. The lowest BCUT2D eigenvalue weighted by Crippen LogP contribution is -2.55. The Morgan fingerprint density at radius 2 is 1.47 bits per heavy atom. The van der Waals surface area contributed by atoms with Gasteiger partial charge in [0, 0.05) is 5.92 Å². The SMILES string of the molecule is CCN(CC)C(CC)(CC)C(=O)C(C)C. The first-order valence-electron chi connectivity index (χ1n) is 6.29. The van der Waals surface area contributed by atoms with E-state index in [9.17, 15) is 4.79 Å². The van der Waals surface area contributed by atoms with Gasteiger partial charge in [-0.05, 0) is 25.9 Å². The molecule has 0 radical (unpaired) electrons. The summed E-state index contributed by atoms with van der Waals surface area (Å²) in [5.74, 6) is 0.529. The Kier molecular flexibility index (Phi) is 6.11. The summed E-state index contributed by atoms with van der Waals surface area (Å²) < 4.78 is 0. The highest BCUT2D eigenvalue weighted by Gasteiger charge is 2.39. The van der Waals surface area contributed by atoms with E-state index in [-0.39, 0.29) is 11.5 Å². The molecule has 0 aromatic rings. The summed E-state index contributed by atoms with van der Waals surface area (Å²) >= 11 is 0. The van der Waals surface area contributed by atoms with Gasteiger partial charge < -0.3 is 0 Å². The van der Waals surface area contributed by atoms with Crippen LogP contribution in [0.5, 0.6) is 0 Å². The molecular weight excluding hydrogens is 186 g/mol. The van der Waals surface area contributed by atoms with Crippen LogP contribution in [0, 0.1) is 5.92 Å². The Morgan fingerprint density at radius 1 is 1.07 bits per heavy atom. The largest absolute Gasteiger partial charge is 0.297 e. The summed E-state index contributed by atoms with van der Waals surface area (Å²) in [6.07, 6.45) is 1.84. The van der Waals surface area contributed by atoms with Gasteiger partial charge in [0.05, 0.1) is 5.54 Å². The van der Waals surface area contributed by atoms with E-state index < -0.39 is 0 Å². The van der Waals surface area contributed by atoms with Crippen LogP contribution < -0.4 is 0 Å². The first-order valence-corrected chi connectivity index (χ1v) is 6.29. The van der Waals surface area contributed by atoms with E-state index in [1.54, 1.807) is 0 Å². The summed E-state index contributed by atoms with van der Waals surface area (Å²) in [6, 6.07) is 0. The zero-order chi connectivity index (χ0) is 12.1. The normalized spacial score (nSPS) is 12.5. The molecule has 0 heterocycles. The van der Waals surface area contributed by atoms with Crippen molar-refractivity contribution in [3.8, 4) is 0 Å². The fraction of sp³-hybridized carbons (Fsp3) is 0.923. The van der Waals surface area contributed by atoms with Gasteiger partial charge in [0.25, 0.3) is 0 Å². The van der Waals surface area contributed by atoms with Gasteiger partial charge in [-0.1, -0.05) is 41.5 Å². The maximum atomic E-state index is 12.3. The van der Waals surface area contributed by atoms with Crippen LogP contribution in [0.15, 0.2) is 0 Å². The van der Waals surface area contributed by atoms with Crippen molar-refractivity contribution in [1.29, 1.82) is 0 Å². The van der Waals surface area contributed by atoms with Gasteiger partial charge >= 0.3 is 0 Å². The fourth-order valence-electron chi connectivity index (χ4n) is 2.57. The zero-order valence-corrected chi connectivity index (χ0v) is 11.3. The van der Waals surface area contributed by atoms with Gasteiger partial charge in [0.1, 0.15) is 0 Å². The lowest BCUT2D eigenvalue weighted by Gasteiger charge is -2.42. The van der Waals surface area contributed by atoms with E-state index in [4.69, 9.17) is 0 Å². The number of likely N-dealkylation sites (N-methyl/N-ethyl adjacent to an activating group) is 1. The molecule has 0 aliphatic heterocycles. The number of rotatable bonds is 7. The maximum absolute atomic E-state index is 12.3. The summed E-state index contributed by atoms with van der Waals surface area (Å²) in [6.45, 7) is 14.4. The van der Waals surface area contributed by atoms with Crippen LogP contribution in [0.3, 0.4) is 0 Å². The van der Waals surface area contributed by atoms with E-state index in [0.717, 1.165) is 25.9 Å². The minimum absolute atomic E-state index is 0.130. The molecule has 0 aliphatic carbocycles. The summed E-state index contributed by atoms with van der Waals surface area (Å²) in [4.78, 5) is 14.7. The fourth-order valence-corrected chi connectivity index (χ4v) is 2.57. The Morgan fingerprint density at radius 3 is 1.67 bits per heavy atom. The van der Waals surface area contributed by atoms with Crippen LogP contribution in [0.4, 0.5) is 0 Å². The van der Waals surface area contributed by atoms with Crippen molar-refractivity contribution in [3.63, 3.8) is 0 Å². The van der Waals surface area contributed by atoms with Crippen LogP contribution in [0.2, 0.25) is 0 Å². The zero-order valence-electron chi connectivity index (χ0n) is 11.3. The molecule has 0 aromatic heterocycles. The summed E-state index contributed by atoms with van der Waals surface area (Å²) in [7, 11) is 0. The third kappa shape index (κ3) is 2.81. The number of carbonyl (C=O) groups is 1. The number of hydrogen-bond acceptors (Lipinski definition) is 2. The molecule has 2 nitrogen and oxygen atoms in total. The molecule has 0 aromatic carbocycles. The molecule has 0 amide bonds. The van der Waals surface area contributed by atoms with Crippen molar-refractivity contribution in [2.75, 3.05) is 13.1 Å². The third-order valence-corrected chi connectivity index (χ3v) is 3.52. The van der Waals surface area contributed by atoms with Crippen LogP contribution in [-0.4, -0.2) is 29.3 Å². The second kappa shape index (κ2) is 6.26. The van der Waals surface area contributed by atoms with Crippen molar-refractivity contribution >= 4 is 5.78 Å². The van der Waals surface area contributed by atoms with Crippen molar-refractivity contribution in [3.05, 3.63) is 0 Å². The van der Waals surface area contributed by atoms with E-state index in [1.807, 2.05) is 13.8 Å². The molecular formula is C13H27NO. The molecule has 0 N–H and O–H groups in total. The Hall–Kier alpha value is -0.370. The lowest BCUT2D eigenvalue weighted by atomic mass is 9.81. The number of hydrogen-bond donors (Lipinski definition) is 0. The van der Waals surface area contributed by atoms with Crippen molar-refractivity contribution in [2.24, 2.45) is 5.92 Å². The first-order chi connectivity index (χ1) is 6.99. The molecule has 0 spiro atoms. The van der Waals surface area contributed by atoms with Crippen LogP contribution in [0.1, 0.15) is 54.4 Å². The number of ketones is 1. The minimum Gasteiger partial charge on any atom is -0.297 e. The molecule has 0 aliphatic rings. The van der Waals surface area contributed by atoms with Crippen LogP contribution >= 0.6 is 0 Å². The molecule has 15 heavy (non-hydrogen) atoms. The van der Waals surface area contributed by atoms with Crippen molar-refractivity contribution < 1.29 is 4.79 Å². The van der Waals surface area contributed by atoms with Crippen molar-refractivity contribution in [2.45, 2.75) is 59.9 Å². The highest BCUT2D eigenvalue weighted by atomic mass is 16.1. The molecule has 0 atom stereocenters. The molecule has 0 fully saturated rings. The Labute approximate surface area is 95.0 Å².